The Morgan fingerprint density at radius 3 is 2.46 bits per heavy atom. The number of ether oxygens (including phenoxy) is 2. The van der Waals surface area contributed by atoms with Gasteiger partial charge in [-0.2, -0.15) is 0 Å². The SMILES string of the molecule is CC1(O)CCCC2c3c(c4c5oc6c(c(=O)c5c3OC3CCCC3)C(c3ccc(NO)cc3)CCC6(O)CC(CO)(N=C(N)N)CSSC4C(O)O)OC21. The minimum atomic E-state index is -1.98. The van der Waals surface area contributed by atoms with E-state index in [9.17, 15) is 30.7 Å². The van der Waals surface area contributed by atoms with E-state index >= 15 is 4.79 Å². The number of aliphatic hydroxyl groups is 5. The lowest BCUT2D eigenvalue weighted by atomic mass is 9.70. The van der Waals surface area contributed by atoms with Crippen molar-refractivity contribution in [3.8, 4) is 11.5 Å². The van der Waals surface area contributed by atoms with Crippen LogP contribution >= 0.6 is 21.6 Å². The summed E-state index contributed by atoms with van der Waals surface area (Å²) in [6.45, 7) is 1.16. The molecule has 1 aromatic heterocycles. The van der Waals surface area contributed by atoms with Crippen LogP contribution in [0.1, 0.15) is 116 Å². The molecular formula is C38H48N4O10S2. The van der Waals surface area contributed by atoms with Crippen molar-refractivity contribution >= 4 is 44.2 Å². The largest absolute Gasteiger partial charge is 0.489 e. The first-order chi connectivity index (χ1) is 25.8. The van der Waals surface area contributed by atoms with Crippen LogP contribution < -0.4 is 31.8 Å². The summed E-state index contributed by atoms with van der Waals surface area (Å²) in [7, 11) is 2.26. The number of benzene rings is 2. The van der Waals surface area contributed by atoms with Gasteiger partial charge in [-0.3, -0.25) is 15.5 Å². The molecule has 2 aliphatic heterocycles. The van der Waals surface area contributed by atoms with Gasteiger partial charge in [0, 0.05) is 35.1 Å². The van der Waals surface area contributed by atoms with Gasteiger partial charge in [0.05, 0.1) is 34.8 Å². The highest BCUT2D eigenvalue weighted by molar-refractivity contribution is 8.76. The van der Waals surface area contributed by atoms with Crippen LogP contribution in [0.5, 0.6) is 11.5 Å². The maximum atomic E-state index is 15.7. The van der Waals surface area contributed by atoms with Crippen molar-refractivity contribution in [1.29, 1.82) is 0 Å². The molecule has 16 heteroatoms. The molecule has 2 bridgehead atoms. The third-order valence-corrected chi connectivity index (χ3v) is 15.0. The first-order valence-electron chi connectivity index (χ1n) is 18.6. The van der Waals surface area contributed by atoms with Crippen LogP contribution in [0, 0.1) is 0 Å². The molecule has 8 rings (SSSR count). The smallest absolute Gasteiger partial charge is 0.200 e. The molecule has 3 aromatic rings. The predicted octanol–water partition coefficient (Wildman–Crippen LogP) is 3.95. The summed E-state index contributed by atoms with van der Waals surface area (Å²) in [5.41, 5.74) is 11.2. The second-order valence-electron chi connectivity index (χ2n) is 15.9. The molecule has 0 radical (unpaired) electrons. The van der Waals surface area contributed by atoms with Crippen molar-refractivity contribution in [1.82, 2.24) is 0 Å². The molecule has 7 unspecified atom stereocenters. The summed E-state index contributed by atoms with van der Waals surface area (Å²) in [5, 5.41) is 66.2. The Hall–Kier alpha value is -3.22. The third-order valence-electron chi connectivity index (χ3n) is 12.1. The number of aliphatic hydroxyl groups excluding tert-OH is 2. The minimum absolute atomic E-state index is 0.00669. The molecule has 5 aliphatic rings. The van der Waals surface area contributed by atoms with E-state index < -0.39 is 52.3 Å². The maximum Gasteiger partial charge on any atom is 0.200 e. The zero-order chi connectivity index (χ0) is 38.2. The zero-order valence-electron chi connectivity index (χ0n) is 30.0. The van der Waals surface area contributed by atoms with Crippen LogP contribution in [0.3, 0.4) is 0 Å². The Balaban J connectivity index is 1.49. The number of aliphatic imine (C=N–C) groups is 1. The molecule has 0 saturated heterocycles. The average molecular weight is 785 g/mol. The number of fused-ring (bicyclic) bond motifs is 4. The summed E-state index contributed by atoms with van der Waals surface area (Å²) in [6, 6.07) is 6.96. The zero-order valence-corrected chi connectivity index (χ0v) is 31.6. The van der Waals surface area contributed by atoms with E-state index in [0.29, 0.717) is 42.7 Å². The fourth-order valence-electron chi connectivity index (χ4n) is 9.62. The van der Waals surface area contributed by atoms with Crippen molar-refractivity contribution in [2.24, 2.45) is 16.5 Å². The Morgan fingerprint density at radius 2 is 1.80 bits per heavy atom. The molecule has 0 spiro atoms. The van der Waals surface area contributed by atoms with Crippen LogP contribution in [0.15, 0.2) is 38.5 Å². The number of anilines is 1. The molecule has 2 fully saturated rings. The maximum absolute atomic E-state index is 15.7. The predicted molar refractivity (Wildman–Crippen MR) is 205 cm³/mol. The van der Waals surface area contributed by atoms with Gasteiger partial charge < -0.3 is 50.9 Å². The Bertz CT molecular complexity index is 2020. The van der Waals surface area contributed by atoms with Crippen molar-refractivity contribution in [3.63, 3.8) is 0 Å². The summed E-state index contributed by atoms with van der Waals surface area (Å²) in [4.78, 5) is 20.1. The standard InChI is InChI=1S/C38H48N4O10S2/c1-36(47)13-4-7-22-24-28(50-20-5-2-3-6-20)25-27(44)23-21(18-8-10-19(42-49)11-9-18)12-14-38(48)15-37(16-43,41-35(39)40)17-53-54-31(34(45)46)26(29(24)51-32(22)36)30(25)52-33(23)38/h8-11,20-22,31-32,34,42-43,45-49H,2-7,12-17H2,1H3,(H4,39,40,41). The average Bonchev–Trinajstić information content (AvgIpc) is 3.79. The number of rotatable bonds is 7. The van der Waals surface area contributed by atoms with Crippen LogP contribution in [0.4, 0.5) is 5.69 Å². The van der Waals surface area contributed by atoms with Crippen molar-refractivity contribution in [2.45, 2.75) is 123 Å². The minimum Gasteiger partial charge on any atom is -0.489 e. The normalized spacial score (nSPS) is 32.1. The highest BCUT2D eigenvalue weighted by atomic mass is 33.1. The molecule has 11 N–H and O–H groups in total. The van der Waals surface area contributed by atoms with Crippen molar-refractivity contribution in [2.75, 3.05) is 17.8 Å². The van der Waals surface area contributed by atoms with Gasteiger partial charge in [-0.1, -0.05) is 33.7 Å². The van der Waals surface area contributed by atoms with Crippen LogP contribution in [0.2, 0.25) is 0 Å². The first-order valence-corrected chi connectivity index (χ1v) is 21.0. The van der Waals surface area contributed by atoms with E-state index in [1.807, 2.05) is 0 Å². The van der Waals surface area contributed by atoms with Gasteiger partial charge >= 0.3 is 0 Å². The topological polar surface area (TPSA) is 246 Å². The number of guanidine groups is 1. The second kappa shape index (κ2) is 14.1. The van der Waals surface area contributed by atoms with E-state index in [-0.39, 0.29) is 70.2 Å². The van der Waals surface area contributed by atoms with E-state index in [1.165, 1.54) is 10.8 Å². The van der Waals surface area contributed by atoms with Crippen LogP contribution in [0.25, 0.3) is 11.0 Å². The molecule has 3 aliphatic carbocycles. The Morgan fingerprint density at radius 1 is 1.06 bits per heavy atom. The van der Waals surface area contributed by atoms with Gasteiger partial charge in [0.25, 0.3) is 0 Å². The highest BCUT2D eigenvalue weighted by Gasteiger charge is 2.54. The second-order valence-corrected chi connectivity index (χ2v) is 18.4. The van der Waals surface area contributed by atoms with Crippen molar-refractivity contribution in [3.05, 3.63) is 62.5 Å². The lowest BCUT2D eigenvalue weighted by molar-refractivity contribution is -0.0734. The van der Waals surface area contributed by atoms with Crippen molar-refractivity contribution < 1.29 is 44.6 Å². The van der Waals surface area contributed by atoms with E-state index in [4.69, 9.17) is 25.4 Å². The van der Waals surface area contributed by atoms with Crippen LogP contribution in [-0.2, 0) is 5.60 Å². The molecule has 292 valence electrons. The molecule has 7 atom stereocenters. The molecule has 2 saturated carbocycles. The molecule has 54 heavy (non-hydrogen) atoms. The van der Waals surface area contributed by atoms with Crippen LogP contribution in [-0.4, -0.2) is 78.7 Å². The lowest BCUT2D eigenvalue weighted by Crippen LogP contribution is -2.47. The quantitative estimate of drug-likeness (QED) is 0.0541. The number of hydrogen-bond acceptors (Lipinski definition) is 14. The van der Waals surface area contributed by atoms with Gasteiger partial charge in [0.15, 0.2) is 12.2 Å². The summed E-state index contributed by atoms with van der Waals surface area (Å²) in [6.07, 6.45) is 2.65. The van der Waals surface area contributed by atoms with E-state index in [0.717, 1.165) is 42.0 Å². The first kappa shape index (κ1) is 37.7. The number of nitrogens with one attached hydrogen (secondary N) is 1. The molecule has 2 aromatic carbocycles. The third kappa shape index (κ3) is 6.22. The summed E-state index contributed by atoms with van der Waals surface area (Å²) >= 11 is 0. The fraction of sp³-hybridized carbons (Fsp3) is 0.579. The summed E-state index contributed by atoms with van der Waals surface area (Å²) in [5.74, 6) is -0.643. The van der Waals surface area contributed by atoms with E-state index in [2.05, 4.69) is 10.5 Å². The Kier molecular flexibility index (Phi) is 9.82. The molecular weight excluding hydrogens is 737 g/mol. The molecule has 0 amide bonds. The lowest BCUT2D eigenvalue weighted by Gasteiger charge is -2.41. The summed E-state index contributed by atoms with van der Waals surface area (Å²) < 4.78 is 20.6. The van der Waals surface area contributed by atoms with Gasteiger partial charge in [-0.25, -0.2) is 4.99 Å². The monoisotopic (exact) mass is 784 g/mol. The van der Waals surface area contributed by atoms with Gasteiger partial charge in [-0.05, 0) is 82.4 Å². The van der Waals surface area contributed by atoms with E-state index in [1.54, 1.807) is 31.2 Å². The highest BCUT2D eigenvalue weighted by Crippen LogP contribution is 2.61. The Labute approximate surface area is 319 Å². The van der Waals surface area contributed by atoms with Gasteiger partial charge in [-0.15, -0.1) is 0 Å². The number of nitrogens with two attached hydrogens (primary N) is 2. The number of hydrogen-bond donors (Lipinski definition) is 9. The number of nitrogens with zero attached hydrogens (tertiary/aromatic N) is 1. The van der Waals surface area contributed by atoms with Gasteiger partial charge in [0.1, 0.15) is 45.5 Å². The van der Waals surface area contributed by atoms with Gasteiger partial charge in [0.2, 0.25) is 5.43 Å². The fourth-order valence-corrected chi connectivity index (χ4v) is 12.6. The molecule has 3 heterocycles. The molecule has 14 nitrogen and oxygen atoms in total.